The highest BCUT2D eigenvalue weighted by Gasteiger charge is 2.08. The zero-order chi connectivity index (χ0) is 16.6. The summed E-state index contributed by atoms with van der Waals surface area (Å²) in [5.41, 5.74) is 6.19. The summed E-state index contributed by atoms with van der Waals surface area (Å²) in [7, 11) is 1.63. The predicted molar refractivity (Wildman–Crippen MR) is 94.8 cm³/mol. The van der Waals surface area contributed by atoms with Gasteiger partial charge in [-0.2, -0.15) is 0 Å². The minimum atomic E-state index is -0.0784. The molecule has 116 valence electrons. The van der Waals surface area contributed by atoms with Gasteiger partial charge in [-0.05, 0) is 61.5 Å². The van der Waals surface area contributed by atoms with Gasteiger partial charge in [-0.3, -0.25) is 9.78 Å². The molecule has 0 aliphatic carbocycles. The summed E-state index contributed by atoms with van der Waals surface area (Å²) in [4.78, 5) is 16.4. The molecule has 0 aliphatic rings. The number of fused-ring (bicyclic) bond motifs is 1. The lowest BCUT2D eigenvalue weighted by atomic mass is 10.00. The first kappa shape index (κ1) is 15.2. The normalized spacial score (nSPS) is 10.8. The van der Waals surface area contributed by atoms with Gasteiger partial charge in [-0.25, -0.2) is 0 Å². The van der Waals surface area contributed by atoms with Gasteiger partial charge >= 0.3 is 0 Å². The monoisotopic (exact) mass is 304 g/mol. The van der Waals surface area contributed by atoms with Crippen molar-refractivity contribution in [2.75, 3.05) is 7.05 Å². The summed E-state index contributed by atoms with van der Waals surface area (Å²) in [6, 6.07) is 14.1. The van der Waals surface area contributed by atoms with E-state index in [9.17, 15) is 4.79 Å². The molecule has 1 amide bonds. The topological polar surface area (TPSA) is 42.0 Å². The average Bonchev–Trinajstić information content (AvgIpc) is 2.56. The fourth-order valence-electron chi connectivity index (χ4n) is 2.78. The lowest BCUT2D eigenvalue weighted by Crippen LogP contribution is -2.17. The van der Waals surface area contributed by atoms with Crippen LogP contribution in [0.4, 0.5) is 0 Å². The van der Waals surface area contributed by atoms with Crippen molar-refractivity contribution in [2.24, 2.45) is 0 Å². The molecular formula is C20H20N2O. The Balaban J connectivity index is 2.09. The van der Waals surface area contributed by atoms with Gasteiger partial charge in [0.15, 0.2) is 0 Å². The van der Waals surface area contributed by atoms with Crippen molar-refractivity contribution in [3.8, 4) is 11.3 Å². The highest BCUT2D eigenvalue weighted by atomic mass is 16.1. The van der Waals surface area contributed by atoms with Crippen molar-refractivity contribution in [3.63, 3.8) is 0 Å². The van der Waals surface area contributed by atoms with Gasteiger partial charge in [0.25, 0.3) is 5.91 Å². The molecule has 23 heavy (non-hydrogen) atoms. The average molecular weight is 304 g/mol. The zero-order valence-corrected chi connectivity index (χ0v) is 13.9. The van der Waals surface area contributed by atoms with E-state index in [-0.39, 0.29) is 5.91 Å². The van der Waals surface area contributed by atoms with Crippen LogP contribution in [-0.2, 0) is 0 Å². The Kier molecular flexibility index (Phi) is 3.87. The first-order chi connectivity index (χ1) is 11.0. The number of rotatable bonds is 2. The van der Waals surface area contributed by atoms with Crippen LogP contribution < -0.4 is 5.32 Å². The van der Waals surface area contributed by atoms with Crippen molar-refractivity contribution in [2.45, 2.75) is 20.8 Å². The summed E-state index contributed by atoms with van der Waals surface area (Å²) in [5.74, 6) is -0.0784. The van der Waals surface area contributed by atoms with Gasteiger partial charge in [-0.15, -0.1) is 0 Å². The molecule has 1 N–H and O–H groups in total. The molecule has 0 unspecified atom stereocenters. The van der Waals surface area contributed by atoms with Gasteiger partial charge in [0, 0.05) is 29.3 Å². The van der Waals surface area contributed by atoms with Gasteiger partial charge in [0.2, 0.25) is 0 Å². The molecule has 0 spiro atoms. The van der Waals surface area contributed by atoms with E-state index in [1.54, 1.807) is 7.05 Å². The van der Waals surface area contributed by atoms with Crippen LogP contribution in [0, 0.1) is 20.8 Å². The molecule has 3 heteroatoms. The summed E-state index contributed by atoms with van der Waals surface area (Å²) >= 11 is 0. The number of hydrogen-bond donors (Lipinski definition) is 1. The Labute approximate surface area is 136 Å². The number of benzene rings is 2. The molecule has 0 saturated carbocycles. The molecule has 3 rings (SSSR count). The Morgan fingerprint density at radius 1 is 0.957 bits per heavy atom. The quantitative estimate of drug-likeness (QED) is 0.771. The van der Waals surface area contributed by atoms with Crippen LogP contribution in [0.1, 0.15) is 27.2 Å². The summed E-state index contributed by atoms with van der Waals surface area (Å²) in [6.07, 6.45) is 0. The number of nitrogens with zero attached hydrogens (tertiary/aromatic N) is 1. The van der Waals surface area contributed by atoms with Crippen LogP contribution >= 0.6 is 0 Å². The second-order valence-electron chi connectivity index (χ2n) is 5.91. The van der Waals surface area contributed by atoms with E-state index >= 15 is 0 Å². The number of amides is 1. The van der Waals surface area contributed by atoms with E-state index in [1.165, 1.54) is 21.9 Å². The largest absolute Gasteiger partial charge is 0.355 e. The van der Waals surface area contributed by atoms with Gasteiger partial charge in [0.05, 0.1) is 5.69 Å². The van der Waals surface area contributed by atoms with E-state index in [4.69, 9.17) is 4.98 Å². The van der Waals surface area contributed by atoms with E-state index in [1.807, 2.05) is 31.2 Å². The van der Waals surface area contributed by atoms with Crippen molar-refractivity contribution < 1.29 is 4.79 Å². The van der Waals surface area contributed by atoms with Crippen molar-refractivity contribution in [1.82, 2.24) is 10.3 Å². The van der Waals surface area contributed by atoms with Crippen LogP contribution in [0.25, 0.3) is 22.0 Å². The van der Waals surface area contributed by atoms with Crippen LogP contribution in [0.3, 0.4) is 0 Å². The van der Waals surface area contributed by atoms with Crippen LogP contribution in [-0.4, -0.2) is 17.9 Å². The van der Waals surface area contributed by atoms with Gasteiger partial charge < -0.3 is 5.32 Å². The Hall–Kier alpha value is -2.68. The summed E-state index contributed by atoms with van der Waals surface area (Å²) in [5, 5.41) is 5.02. The van der Waals surface area contributed by atoms with Crippen LogP contribution in [0.15, 0.2) is 42.5 Å². The minimum absolute atomic E-state index is 0.0784. The van der Waals surface area contributed by atoms with E-state index < -0.39 is 0 Å². The molecule has 0 aliphatic heterocycles. The standard InChI is InChI=1S/C20H20N2O/c1-12-9-17-11-19(22-14(3)18(17)10-13(12)2)15-5-7-16(8-6-15)20(23)21-4/h5-11H,1-4H3,(H,21,23). The lowest BCUT2D eigenvalue weighted by molar-refractivity contribution is 0.0963. The third-order valence-electron chi connectivity index (χ3n) is 4.31. The molecular weight excluding hydrogens is 284 g/mol. The molecule has 0 bridgehead atoms. The third kappa shape index (κ3) is 2.82. The Bertz CT molecular complexity index is 896. The smallest absolute Gasteiger partial charge is 0.251 e. The SMILES string of the molecule is CNC(=O)c1ccc(-c2cc3cc(C)c(C)cc3c(C)n2)cc1. The molecule has 0 atom stereocenters. The predicted octanol–water partition coefficient (Wildman–Crippen LogP) is 4.19. The molecule has 1 aromatic heterocycles. The zero-order valence-electron chi connectivity index (χ0n) is 13.9. The van der Waals surface area contributed by atoms with Crippen LogP contribution in [0.2, 0.25) is 0 Å². The minimum Gasteiger partial charge on any atom is -0.355 e. The second kappa shape index (κ2) is 5.84. The molecule has 0 saturated heterocycles. The first-order valence-corrected chi connectivity index (χ1v) is 7.70. The van der Waals surface area contributed by atoms with E-state index in [2.05, 4.69) is 37.4 Å². The van der Waals surface area contributed by atoms with E-state index in [0.29, 0.717) is 5.56 Å². The number of carbonyl (C=O) groups excluding carboxylic acids is 1. The third-order valence-corrected chi connectivity index (χ3v) is 4.31. The number of pyridine rings is 1. The van der Waals surface area contributed by atoms with Gasteiger partial charge in [0.1, 0.15) is 0 Å². The molecule has 3 aromatic rings. The molecule has 1 heterocycles. The lowest BCUT2D eigenvalue weighted by Gasteiger charge is -2.10. The number of nitrogens with one attached hydrogen (secondary N) is 1. The second-order valence-corrected chi connectivity index (χ2v) is 5.91. The number of hydrogen-bond acceptors (Lipinski definition) is 2. The van der Waals surface area contributed by atoms with Crippen molar-refractivity contribution in [3.05, 3.63) is 64.8 Å². The van der Waals surface area contributed by atoms with Crippen molar-refractivity contribution >= 4 is 16.7 Å². The molecule has 0 radical (unpaired) electrons. The highest BCUT2D eigenvalue weighted by Crippen LogP contribution is 2.27. The van der Waals surface area contributed by atoms with Gasteiger partial charge in [-0.1, -0.05) is 18.2 Å². The molecule has 3 nitrogen and oxygen atoms in total. The number of aromatic nitrogens is 1. The van der Waals surface area contributed by atoms with Crippen LogP contribution in [0.5, 0.6) is 0 Å². The maximum Gasteiger partial charge on any atom is 0.251 e. The maximum atomic E-state index is 11.6. The summed E-state index contributed by atoms with van der Waals surface area (Å²) in [6.45, 7) is 6.29. The van der Waals surface area contributed by atoms with E-state index in [0.717, 1.165) is 17.0 Å². The first-order valence-electron chi connectivity index (χ1n) is 7.70. The number of carbonyl (C=O) groups is 1. The number of aryl methyl sites for hydroxylation is 3. The fourth-order valence-corrected chi connectivity index (χ4v) is 2.78. The molecule has 2 aromatic carbocycles. The summed E-state index contributed by atoms with van der Waals surface area (Å²) < 4.78 is 0. The Morgan fingerprint density at radius 3 is 2.26 bits per heavy atom. The molecule has 0 fully saturated rings. The Morgan fingerprint density at radius 2 is 1.61 bits per heavy atom. The van der Waals surface area contributed by atoms with Crippen molar-refractivity contribution in [1.29, 1.82) is 0 Å². The highest BCUT2D eigenvalue weighted by molar-refractivity contribution is 5.94. The fraction of sp³-hybridized carbons (Fsp3) is 0.200. The maximum absolute atomic E-state index is 11.6.